The van der Waals surface area contributed by atoms with Crippen LogP contribution >= 0.6 is 0 Å². The lowest BCUT2D eigenvalue weighted by molar-refractivity contribution is -0.0858. The van der Waals surface area contributed by atoms with Crippen LogP contribution in [0.25, 0.3) is 0 Å². The highest BCUT2D eigenvalue weighted by atomic mass is 16.5. The molecule has 0 amide bonds. The van der Waals surface area contributed by atoms with Crippen molar-refractivity contribution in [3.8, 4) is 0 Å². The number of nitrogens with one attached hydrogen (secondary N) is 1. The van der Waals surface area contributed by atoms with Gasteiger partial charge in [-0.2, -0.15) is 4.98 Å². The van der Waals surface area contributed by atoms with E-state index in [2.05, 4.69) is 15.5 Å². The predicted octanol–water partition coefficient (Wildman–Crippen LogP) is 1.64. The summed E-state index contributed by atoms with van der Waals surface area (Å²) in [4.78, 5) is 4.55. The summed E-state index contributed by atoms with van der Waals surface area (Å²) in [6.45, 7) is 2.21. The Kier molecular flexibility index (Phi) is 3.35. The fourth-order valence-electron chi connectivity index (χ4n) is 2.87. The van der Waals surface area contributed by atoms with Crippen molar-refractivity contribution in [2.75, 3.05) is 20.2 Å². The Balaban J connectivity index is 1.65. The van der Waals surface area contributed by atoms with Crippen LogP contribution in [0, 0.1) is 5.92 Å². The second-order valence-electron chi connectivity index (χ2n) is 5.46. The molecule has 18 heavy (non-hydrogen) atoms. The zero-order valence-corrected chi connectivity index (χ0v) is 10.9. The number of piperidine rings is 1. The smallest absolute Gasteiger partial charge is 0.227 e. The van der Waals surface area contributed by atoms with Gasteiger partial charge in [-0.05, 0) is 51.1 Å². The lowest BCUT2D eigenvalue weighted by atomic mass is 9.79. The fraction of sp³-hybridized carbons (Fsp3) is 0.846. The molecule has 1 N–H and O–H groups in total. The first-order chi connectivity index (χ1) is 8.82. The molecule has 5 heteroatoms. The highest BCUT2D eigenvalue weighted by Gasteiger charge is 2.43. The third kappa shape index (κ3) is 2.17. The minimum absolute atomic E-state index is 0.254. The number of hydrogen-bond acceptors (Lipinski definition) is 5. The van der Waals surface area contributed by atoms with Gasteiger partial charge in [-0.3, -0.25) is 0 Å². The summed E-state index contributed by atoms with van der Waals surface area (Å²) in [5.74, 6) is 2.21. The van der Waals surface area contributed by atoms with Gasteiger partial charge in [0.1, 0.15) is 5.60 Å². The van der Waals surface area contributed by atoms with E-state index >= 15 is 0 Å². The van der Waals surface area contributed by atoms with Crippen LogP contribution in [0.2, 0.25) is 0 Å². The number of hydrogen-bond donors (Lipinski definition) is 1. The average molecular weight is 251 g/mol. The molecule has 2 fully saturated rings. The summed E-state index contributed by atoms with van der Waals surface area (Å²) < 4.78 is 11.0. The third-order valence-electron chi connectivity index (χ3n) is 4.35. The van der Waals surface area contributed by atoms with Crippen LogP contribution in [0.5, 0.6) is 0 Å². The summed E-state index contributed by atoms with van der Waals surface area (Å²) in [6, 6.07) is 0. The Morgan fingerprint density at radius 3 is 2.78 bits per heavy atom. The maximum absolute atomic E-state index is 5.57. The summed E-state index contributed by atoms with van der Waals surface area (Å²) in [6.07, 6.45) is 6.52. The van der Waals surface area contributed by atoms with Crippen molar-refractivity contribution in [1.29, 1.82) is 0 Å². The van der Waals surface area contributed by atoms with Crippen LogP contribution in [0.15, 0.2) is 4.52 Å². The molecule has 0 spiro atoms. The standard InChI is InChI=1S/C13H21N3O2/c1-17-13(5-2-6-13)12-15-11(18-16-12)9-10-3-7-14-8-4-10/h10,14H,2-9H2,1H3. The van der Waals surface area contributed by atoms with Gasteiger partial charge in [0, 0.05) is 13.5 Å². The third-order valence-corrected chi connectivity index (χ3v) is 4.35. The van der Waals surface area contributed by atoms with E-state index in [4.69, 9.17) is 9.26 Å². The molecule has 0 radical (unpaired) electrons. The molecule has 2 heterocycles. The largest absolute Gasteiger partial charge is 0.370 e. The Labute approximate surface area is 107 Å². The lowest BCUT2D eigenvalue weighted by Gasteiger charge is -2.37. The predicted molar refractivity (Wildman–Crippen MR) is 66.1 cm³/mol. The highest BCUT2D eigenvalue weighted by molar-refractivity contribution is 5.06. The summed E-state index contributed by atoms with van der Waals surface area (Å²) in [5.41, 5.74) is -0.254. The van der Waals surface area contributed by atoms with Gasteiger partial charge < -0.3 is 14.6 Å². The molecule has 100 valence electrons. The van der Waals surface area contributed by atoms with Crippen LogP contribution in [-0.2, 0) is 16.8 Å². The number of rotatable bonds is 4. The first-order valence-electron chi connectivity index (χ1n) is 6.91. The van der Waals surface area contributed by atoms with Crippen molar-refractivity contribution in [3.63, 3.8) is 0 Å². The van der Waals surface area contributed by atoms with E-state index in [1.165, 1.54) is 19.3 Å². The lowest BCUT2D eigenvalue weighted by Crippen LogP contribution is -2.37. The van der Waals surface area contributed by atoms with E-state index in [1.54, 1.807) is 7.11 Å². The molecule has 1 aromatic rings. The van der Waals surface area contributed by atoms with Crippen LogP contribution in [0.1, 0.15) is 43.8 Å². The molecule has 1 aromatic heterocycles. The van der Waals surface area contributed by atoms with E-state index in [1.807, 2.05) is 0 Å². The molecule has 2 aliphatic rings. The van der Waals surface area contributed by atoms with Gasteiger partial charge in [-0.25, -0.2) is 0 Å². The number of aromatic nitrogens is 2. The number of ether oxygens (including phenoxy) is 1. The van der Waals surface area contributed by atoms with Gasteiger partial charge >= 0.3 is 0 Å². The molecule has 1 aliphatic heterocycles. The van der Waals surface area contributed by atoms with E-state index in [0.717, 1.165) is 44.1 Å². The van der Waals surface area contributed by atoms with Crippen molar-refractivity contribution in [2.24, 2.45) is 5.92 Å². The zero-order valence-electron chi connectivity index (χ0n) is 10.9. The second kappa shape index (κ2) is 4.97. The van der Waals surface area contributed by atoms with Crippen LogP contribution < -0.4 is 5.32 Å². The van der Waals surface area contributed by atoms with Gasteiger partial charge in [0.15, 0.2) is 0 Å². The van der Waals surface area contributed by atoms with Crippen molar-refractivity contribution in [1.82, 2.24) is 15.5 Å². The molecule has 1 saturated heterocycles. The number of nitrogens with zero attached hydrogens (tertiary/aromatic N) is 2. The quantitative estimate of drug-likeness (QED) is 0.881. The molecule has 3 rings (SSSR count). The summed E-state index contributed by atoms with van der Waals surface area (Å²) >= 11 is 0. The molecule has 0 unspecified atom stereocenters. The normalized spacial score (nSPS) is 23.8. The maximum Gasteiger partial charge on any atom is 0.227 e. The topological polar surface area (TPSA) is 60.2 Å². The first kappa shape index (κ1) is 12.1. The molecular weight excluding hydrogens is 230 g/mol. The SMILES string of the molecule is COC1(c2noc(CC3CCNCC3)n2)CCC1. The van der Waals surface area contributed by atoms with Crippen molar-refractivity contribution in [3.05, 3.63) is 11.7 Å². The summed E-state index contributed by atoms with van der Waals surface area (Å²) in [7, 11) is 1.74. The van der Waals surface area contributed by atoms with Crippen LogP contribution in [-0.4, -0.2) is 30.3 Å². The van der Waals surface area contributed by atoms with Gasteiger partial charge in [-0.15, -0.1) is 0 Å². The zero-order chi connectivity index (χ0) is 12.4. The van der Waals surface area contributed by atoms with Gasteiger partial charge in [0.25, 0.3) is 0 Å². The Hall–Kier alpha value is -0.940. The number of methoxy groups -OCH3 is 1. The van der Waals surface area contributed by atoms with Gasteiger partial charge in [0.2, 0.25) is 11.7 Å². The highest BCUT2D eigenvalue weighted by Crippen LogP contribution is 2.42. The molecule has 0 atom stereocenters. The van der Waals surface area contributed by atoms with Crippen LogP contribution in [0.3, 0.4) is 0 Å². The summed E-state index contributed by atoms with van der Waals surface area (Å²) in [5, 5.41) is 7.49. The van der Waals surface area contributed by atoms with Crippen molar-refractivity contribution in [2.45, 2.75) is 44.1 Å². The van der Waals surface area contributed by atoms with E-state index in [0.29, 0.717) is 5.92 Å². The molecule has 1 saturated carbocycles. The second-order valence-corrected chi connectivity index (χ2v) is 5.46. The Morgan fingerprint density at radius 1 is 1.39 bits per heavy atom. The van der Waals surface area contributed by atoms with Crippen molar-refractivity contribution >= 4 is 0 Å². The average Bonchev–Trinajstić information content (AvgIpc) is 2.79. The van der Waals surface area contributed by atoms with E-state index in [-0.39, 0.29) is 5.60 Å². The first-order valence-corrected chi connectivity index (χ1v) is 6.91. The maximum atomic E-state index is 5.57. The monoisotopic (exact) mass is 251 g/mol. The minimum atomic E-state index is -0.254. The van der Waals surface area contributed by atoms with E-state index in [9.17, 15) is 0 Å². The van der Waals surface area contributed by atoms with Crippen molar-refractivity contribution < 1.29 is 9.26 Å². The fourth-order valence-corrected chi connectivity index (χ4v) is 2.87. The minimum Gasteiger partial charge on any atom is -0.370 e. The van der Waals surface area contributed by atoms with Gasteiger partial charge in [-0.1, -0.05) is 5.16 Å². The molecule has 0 bridgehead atoms. The van der Waals surface area contributed by atoms with Crippen LogP contribution in [0.4, 0.5) is 0 Å². The van der Waals surface area contributed by atoms with E-state index < -0.39 is 0 Å². The molecule has 1 aliphatic carbocycles. The Bertz CT molecular complexity index is 389. The Morgan fingerprint density at radius 2 is 2.17 bits per heavy atom. The molecule has 5 nitrogen and oxygen atoms in total. The molecular formula is C13H21N3O2. The molecule has 0 aromatic carbocycles. The van der Waals surface area contributed by atoms with Gasteiger partial charge in [0.05, 0.1) is 0 Å².